The predicted molar refractivity (Wildman–Crippen MR) is 60.8 cm³/mol. The van der Waals surface area contributed by atoms with Crippen molar-refractivity contribution < 1.29 is 9.66 Å². The molecule has 0 aromatic heterocycles. The first-order chi connectivity index (χ1) is 7.56. The van der Waals surface area contributed by atoms with Crippen molar-refractivity contribution in [3.63, 3.8) is 0 Å². The number of hydrogen-bond donors (Lipinski definition) is 2. The molecule has 0 saturated heterocycles. The lowest BCUT2D eigenvalue weighted by Crippen LogP contribution is -2.13. The zero-order valence-electron chi connectivity index (χ0n) is 9.27. The van der Waals surface area contributed by atoms with Crippen LogP contribution in [0.2, 0.25) is 0 Å². The van der Waals surface area contributed by atoms with Gasteiger partial charge in [-0.2, -0.15) is 0 Å². The normalized spacial score (nSPS) is 10.5. The summed E-state index contributed by atoms with van der Waals surface area (Å²) >= 11 is 0. The molecule has 16 heavy (non-hydrogen) atoms. The SMILES string of the molecule is CC(C)OCc1cccc([N+](=O)[O-])c1NN. The maximum atomic E-state index is 10.7. The first-order valence-corrected chi connectivity index (χ1v) is 4.90. The van der Waals surface area contributed by atoms with Crippen LogP contribution in [-0.2, 0) is 11.3 Å². The highest BCUT2D eigenvalue weighted by Gasteiger charge is 2.16. The van der Waals surface area contributed by atoms with Crippen molar-refractivity contribution in [3.05, 3.63) is 33.9 Å². The molecular weight excluding hydrogens is 210 g/mol. The molecule has 88 valence electrons. The number of nitrogens with one attached hydrogen (secondary N) is 1. The number of anilines is 1. The van der Waals surface area contributed by atoms with Crippen LogP contribution in [0.4, 0.5) is 11.4 Å². The maximum Gasteiger partial charge on any atom is 0.294 e. The third-order valence-corrected chi connectivity index (χ3v) is 2.04. The number of hydrazine groups is 1. The fourth-order valence-electron chi connectivity index (χ4n) is 1.28. The highest BCUT2D eigenvalue weighted by molar-refractivity contribution is 5.65. The summed E-state index contributed by atoms with van der Waals surface area (Å²) in [4.78, 5) is 10.3. The third-order valence-electron chi connectivity index (χ3n) is 2.04. The summed E-state index contributed by atoms with van der Waals surface area (Å²) in [7, 11) is 0. The molecule has 0 aliphatic carbocycles. The Kier molecular flexibility index (Phi) is 4.21. The van der Waals surface area contributed by atoms with Crippen molar-refractivity contribution in [2.45, 2.75) is 26.6 Å². The Morgan fingerprint density at radius 3 is 2.75 bits per heavy atom. The number of nitrogens with two attached hydrogens (primary N) is 1. The summed E-state index contributed by atoms with van der Waals surface area (Å²) in [5.41, 5.74) is 3.27. The van der Waals surface area contributed by atoms with Crippen molar-refractivity contribution in [3.8, 4) is 0 Å². The highest BCUT2D eigenvalue weighted by atomic mass is 16.6. The molecule has 0 fully saturated rings. The number of hydrogen-bond acceptors (Lipinski definition) is 5. The Hall–Kier alpha value is -1.66. The minimum atomic E-state index is -0.478. The molecule has 1 aromatic carbocycles. The van der Waals surface area contributed by atoms with E-state index < -0.39 is 4.92 Å². The van der Waals surface area contributed by atoms with Crippen LogP contribution >= 0.6 is 0 Å². The number of para-hydroxylation sites is 1. The van der Waals surface area contributed by atoms with Gasteiger partial charge < -0.3 is 10.2 Å². The molecule has 0 radical (unpaired) electrons. The Morgan fingerprint density at radius 2 is 2.25 bits per heavy atom. The van der Waals surface area contributed by atoms with Crippen LogP contribution in [0.3, 0.4) is 0 Å². The van der Waals surface area contributed by atoms with Crippen LogP contribution in [0, 0.1) is 10.1 Å². The second-order valence-electron chi connectivity index (χ2n) is 3.57. The van der Waals surface area contributed by atoms with Crippen molar-refractivity contribution in [1.82, 2.24) is 0 Å². The van der Waals surface area contributed by atoms with Gasteiger partial charge in [-0.1, -0.05) is 12.1 Å². The standard InChI is InChI=1S/C10H15N3O3/c1-7(2)16-6-8-4-3-5-9(13(14)15)10(8)12-11/h3-5,7,12H,6,11H2,1-2H3. The molecule has 0 spiro atoms. The van der Waals surface area contributed by atoms with Crippen LogP contribution in [0.5, 0.6) is 0 Å². The number of nitrogen functional groups attached to an aromatic ring is 1. The maximum absolute atomic E-state index is 10.7. The second-order valence-corrected chi connectivity index (χ2v) is 3.57. The van der Waals surface area contributed by atoms with Gasteiger partial charge in [0.15, 0.2) is 0 Å². The molecule has 0 aliphatic heterocycles. The first kappa shape index (κ1) is 12.4. The summed E-state index contributed by atoms with van der Waals surface area (Å²) < 4.78 is 5.39. The number of nitro groups is 1. The molecule has 1 aromatic rings. The van der Waals surface area contributed by atoms with Gasteiger partial charge in [0.1, 0.15) is 5.69 Å². The number of rotatable bonds is 5. The quantitative estimate of drug-likeness (QED) is 0.453. The van der Waals surface area contributed by atoms with E-state index in [4.69, 9.17) is 10.6 Å². The molecule has 6 nitrogen and oxygen atoms in total. The third kappa shape index (κ3) is 2.91. The van der Waals surface area contributed by atoms with E-state index in [0.29, 0.717) is 17.9 Å². The van der Waals surface area contributed by atoms with Crippen LogP contribution in [0.25, 0.3) is 0 Å². The molecule has 0 bridgehead atoms. The summed E-state index contributed by atoms with van der Waals surface area (Å²) in [6.07, 6.45) is 0.0601. The lowest BCUT2D eigenvalue weighted by molar-refractivity contribution is -0.384. The lowest BCUT2D eigenvalue weighted by Gasteiger charge is -2.11. The van der Waals surface area contributed by atoms with E-state index in [1.807, 2.05) is 13.8 Å². The number of benzene rings is 1. The van der Waals surface area contributed by atoms with E-state index in [2.05, 4.69) is 5.43 Å². The Balaban J connectivity index is 2.99. The summed E-state index contributed by atoms with van der Waals surface area (Å²) in [6, 6.07) is 4.75. The zero-order valence-corrected chi connectivity index (χ0v) is 9.27. The van der Waals surface area contributed by atoms with E-state index in [1.165, 1.54) is 6.07 Å². The van der Waals surface area contributed by atoms with Gasteiger partial charge in [-0.15, -0.1) is 0 Å². The number of nitrogens with zero attached hydrogens (tertiary/aromatic N) is 1. The average Bonchev–Trinajstić information content (AvgIpc) is 2.25. The van der Waals surface area contributed by atoms with Crippen molar-refractivity contribution >= 4 is 11.4 Å². The minimum Gasteiger partial charge on any atom is -0.374 e. The smallest absolute Gasteiger partial charge is 0.294 e. The van der Waals surface area contributed by atoms with Gasteiger partial charge in [0.05, 0.1) is 17.6 Å². The van der Waals surface area contributed by atoms with Crippen molar-refractivity contribution in [2.75, 3.05) is 5.43 Å². The largest absolute Gasteiger partial charge is 0.374 e. The monoisotopic (exact) mass is 225 g/mol. The summed E-state index contributed by atoms with van der Waals surface area (Å²) in [5.74, 6) is 5.29. The van der Waals surface area contributed by atoms with Gasteiger partial charge in [0.25, 0.3) is 5.69 Å². The van der Waals surface area contributed by atoms with Gasteiger partial charge in [-0.3, -0.25) is 16.0 Å². The van der Waals surface area contributed by atoms with Gasteiger partial charge in [-0.05, 0) is 13.8 Å². The van der Waals surface area contributed by atoms with Crippen molar-refractivity contribution in [2.24, 2.45) is 5.84 Å². The highest BCUT2D eigenvalue weighted by Crippen LogP contribution is 2.27. The Morgan fingerprint density at radius 1 is 1.56 bits per heavy atom. The van der Waals surface area contributed by atoms with E-state index in [0.717, 1.165) is 0 Å². The fraction of sp³-hybridized carbons (Fsp3) is 0.400. The van der Waals surface area contributed by atoms with Crippen LogP contribution in [-0.4, -0.2) is 11.0 Å². The molecular formula is C10H15N3O3. The molecule has 1 rings (SSSR count). The van der Waals surface area contributed by atoms with Crippen molar-refractivity contribution in [1.29, 1.82) is 0 Å². The van der Waals surface area contributed by atoms with E-state index >= 15 is 0 Å². The Bertz CT molecular complexity index is 380. The molecule has 3 N–H and O–H groups in total. The molecule has 0 saturated carbocycles. The molecule has 0 heterocycles. The summed E-state index contributed by atoms with van der Waals surface area (Å²) in [5, 5.41) is 10.7. The summed E-state index contributed by atoms with van der Waals surface area (Å²) in [6.45, 7) is 4.08. The van der Waals surface area contributed by atoms with Crippen LogP contribution in [0.1, 0.15) is 19.4 Å². The first-order valence-electron chi connectivity index (χ1n) is 4.90. The Labute approximate surface area is 93.5 Å². The lowest BCUT2D eigenvalue weighted by atomic mass is 10.1. The average molecular weight is 225 g/mol. The van der Waals surface area contributed by atoms with Crippen LogP contribution < -0.4 is 11.3 Å². The van der Waals surface area contributed by atoms with Gasteiger partial charge >= 0.3 is 0 Å². The second kappa shape index (κ2) is 5.43. The van der Waals surface area contributed by atoms with E-state index in [1.54, 1.807) is 12.1 Å². The molecule has 0 unspecified atom stereocenters. The number of nitro benzene ring substituents is 1. The molecule has 6 heteroatoms. The van der Waals surface area contributed by atoms with Gasteiger partial charge in [-0.25, -0.2) is 0 Å². The topological polar surface area (TPSA) is 90.4 Å². The van der Waals surface area contributed by atoms with Gasteiger partial charge in [0.2, 0.25) is 0 Å². The molecule has 0 atom stereocenters. The molecule has 0 amide bonds. The van der Waals surface area contributed by atoms with Gasteiger partial charge in [0, 0.05) is 11.6 Å². The minimum absolute atomic E-state index is 0.0487. The van der Waals surface area contributed by atoms with E-state index in [9.17, 15) is 10.1 Å². The zero-order chi connectivity index (χ0) is 12.1. The molecule has 0 aliphatic rings. The predicted octanol–water partition coefficient (Wildman–Crippen LogP) is 1.81. The fourth-order valence-corrected chi connectivity index (χ4v) is 1.28. The number of ether oxygens (including phenoxy) is 1. The van der Waals surface area contributed by atoms with E-state index in [-0.39, 0.29) is 11.8 Å². The van der Waals surface area contributed by atoms with Crippen LogP contribution in [0.15, 0.2) is 18.2 Å².